The van der Waals surface area contributed by atoms with Crippen molar-refractivity contribution in [1.82, 2.24) is 5.32 Å². The number of methoxy groups -OCH3 is 1. The van der Waals surface area contributed by atoms with Crippen LogP contribution in [0.5, 0.6) is 0 Å². The summed E-state index contributed by atoms with van der Waals surface area (Å²) in [6.07, 6.45) is 2.77. The molecule has 3 N–H and O–H groups in total. The van der Waals surface area contributed by atoms with E-state index in [4.69, 9.17) is 4.74 Å². The molecule has 1 aromatic heterocycles. The van der Waals surface area contributed by atoms with Crippen molar-refractivity contribution in [2.24, 2.45) is 5.92 Å². The van der Waals surface area contributed by atoms with Crippen LogP contribution in [0, 0.1) is 5.92 Å². The predicted octanol–water partition coefficient (Wildman–Crippen LogP) is 0.637. The fraction of sp³-hybridized carbons (Fsp3) is 0.632. The SMILES string of the molecule is COC(=O)c1c(NC(=O)C[NH+](C)CC(=O)NC(C)C)sc2c1CC[C@@H](C)C2. The summed E-state index contributed by atoms with van der Waals surface area (Å²) in [7, 11) is 3.15. The maximum Gasteiger partial charge on any atom is 0.341 e. The summed E-state index contributed by atoms with van der Waals surface area (Å²) in [5, 5.41) is 6.24. The molecule has 1 aromatic rings. The van der Waals surface area contributed by atoms with Gasteiger partial charge in [0.25, 0.3) is 11.8 Å². The van der Waals surface area contributed by atoms with Crippen LogP contribution in [0.3, 0.4) is 0 Å². The molecule has 2 rings (SSSR count). The first-order valence-electron chi connectivity index (χ1n) is 9.34. The van der Waals surface area contributed by atoms with E-state index in [2.05, 4.69) is 17.6 Å². The van der Waals surface area contributed by atoms with E-state index in [0.29, 0.717) is 16.5 Å². The normalized spacial score (nSPS) is 17.2. The van der Waals surface area contributed by atoms with E-state index in [0.717, 1.165) is 34.6 Å². The molecule has 0 aromatic carbocycles. The summed E-state index contributed by atoms with van der Waals surface area (Å²) in [5.74, 6) is -0.151. The van der Waals surface area contributed by atoms with Crippen LogP contribution in [0.25, 0.3) is 0 Å². The van der Waals surface area contributed by atoms with Crippen LogP contribution in [-0.2, 0) is 27.2 Å². The van der Waals surface area contributed by atoms with E-state index < -0.39 is 5.97 Å². The number of anilines is 1. The van der Waals surface area contributed by atoms with Gasteiger partial charge >= 0.3 is 5.97 Å². The molecule has 0 spiro atoms. The number of rotatable bonds is 7. The van der Waals surface area contributed by atoms with Gasteiger partial charge < -0.3 is 20.3 Å². The maximum absolute atomic E-state index is 12.5. The molecule has 150 valence electrons. The highest BCUT2D eigenvalue weighted by atomic mass is 32.1. The topological polar surface area (TPSA) is 88.9 Å². The first kappa shape index (κ1) is 21.4. The second kappa shape index (κ2) is 9.32. The molecule has 0 saturated carbocycles. The molecule has 1 aliphatic carbocycles. The Morgan fingerprint density at radius 3 is 2.56 bits per heavy atom. The molecule has 0 saturated heterocycles. The van der Waals surface area contributed by atoms with Crippen molar-refractivity contribution in [2.75, 3.05) is 32.6 Å². The number of carbonyl (C=O) groups is 3. The highest BCUT2D eigenvalue weighted by Crippen LogP contribution is 2.39. The number of fused-ring (bicyclic) bond motifs is 1. The lowest BCUT2D eigenvalue weighted by Crippen LogP contribution is -3.11. The minimum atomic E-state index is -0.408. The first-order chi connectivity index (χ1) is 12.7. The monoisotopic (exact) mass is 396 g/mol. The second-order valence-corrected chi connectivity index (χ2v) is 8.73. The largest absolute Gasteiger partial charge is 0.465 e. The van der Waals surface area contributed by atoms with Crippen LogP contribution in [0.4, 0.5) is 5.00 Å². The number of nitrogens with one attached hydrogen (secondary N) is 3. The van der Waals surface area contributed by atoms with Crippen LogP contribution < -0.4 is 15.5 Å². The molecule has 1 unspecified atom stereocenters. The van der Waals surface area contributed by atoms with Gasteiger partial charge in [0, 0.05) is 10.9 Å². The lowest BCUT2D eigenvalue weighted by molar-refractivity contribution is -0.862. The van der Waals surface area contributed by atoms with Crippen molar-refractivity contribution in [3.8, 4) is 0 Å². The number of quaternary nitrogens is 1. The van der Waals surface area contributed by atoms with Crippen molar-refractivity contribution in [1.29, 1.82) is 0 Å². The van der Waals surface area contributed by atoms with E-state index in [-0.39, 0.29) is 30.9 Å². The third kappa shape index (κ3) is 5.77. The summed E-state index contributed by atoms with van der Waals surface area (Å²) < 4.78 is 4.94. The van der Waals surface area contributed by atoms with Gasteiger partial charge in [-0.2, -0.15) is 0 Å². The number of esters is 1. The standard InChI is InChI=1S/C19H29N3O4S/c1-11(2)20-15(23)9-22(4)10-16(24)21-18-17(19(25)26-5)13-7-6-12(3)8-14(13)27-18/h11-12H,6-10H2,1-5H3,(H,20,23)(H,21,24)/p+1/t12-/m1/s1. The summed E-state index contributed by atoms with van der Waals surface area (Å²) in [6.45, 7) is 6.35. The van der Waals surface area contributed by atoms with Gasteiger partial charge in [-0.1, -0.05) is 6.92 Å². The molecule has 0 bridgehead atoms. The minimum Gasteiger partial charge on any atom is -0.465 e. The second-order valence-electron chi connectivity index (χ2n) is 7.63. The predicted molar refractivity (Wildman–Crippen MR) is 105 cm³/mol. The molecule has 0 fully saturated rings. The lowest BCUT2D eigenvalue weighted by atomic mass is 9.88. The van der Waals surface area contributed by atoms with Crippen LogP contribution >= 0.6 is 11.3 Å². The number of hydrogen-bond donors (Lipinski definition) is 3. The van der Waals surface area contributed by atoms with Crippen LogP contribution in [0.2, 0.25) is 0 Å². The molecular weight excluding hydrogens is 366 g/mol. The van der Waals surface area contributed by atoms with Crippen LogP contribution in [0.1, 0.15) is 48.0 Å². The Balaban J connectivity index is 2.06. The third-order valence-corrected chi connectivity index (χ3v) is 5.70. The minimum absolute atomic E-state index is 0.0709. The van der Waals surface area contributed by atoms with Gasteiger partial charge in [0.15, 0.2) is 13.1 Å². The van der Waals surface area contributed by atoms with Gasteiger partial charge in [-0.05, 0) is 44.6 Å². The van der Waals surface area contributed by atoms with E-state index in [9.17, 15) is 14.4 Å². The molecule has 2 amide bonds. The number of hydrogen-bond acceptors (Lipinski definition) is 5. The highest BCUT2D eigenvalue weighted by molar-refractivity contribution is 7.17. The van der Waals surface area contributed by atoms with Gasteiger partial charge in [0.05, 0.1) is 19.7 Å². The van der Waals surface area contributed by atoms with E-state index in [1.165, 1.54) is 18.4 Å². The van der Waals surface area contributed by atoms with E-state index in [1.54, 1.807) is 7.05 Å². The number of amides is 2. The van der Waals surface area contributed by atoms with Gasteiger partial charge in [-0.25, -0.2) is 4.79 Å². The fourth-order valence-corrected chi connectivity index (χ4v) is 4.73. The van der Waals surface area contributed by atoms with E-state index >= 15 is 0 Å². The molecule has 0 aliphatic heterocycles. The van der Waals surface area contributed by atoms with Crippen molar-refractivity contribution in [3.05, 3.63) is 16.0 Å². The highest BCUT2D eigenvalue weighted by Gasteiger charge is 2.29. The molecule has 27 heavy (non-hydrogen) atoms. The van der Waals surface area contributed by atoms with Gasteiger partial charge in [-0.3, -0.25) is 9.59 Å². The molecule has 1 heterocycles. The Hall–Kier alpha value is -1.93. The summed E-state index contributed by atoms with van der Waals surface area (Å²) >= 11 is 1.47. The first-order valence-corrected chi connectivity index (χ1v) is 10.2. The zero-order chi connectivity index (χ0) is 20.1. The third-order valence-electron chi connectivity index (χ3n) is 4.53. The number of likely N-dealkylation sites (N-methyl/N-ethyl adjacent to an activating group) is 1. The Bertz CT molecular complexity index is 714. The number of ether oxygens (including phenoxy) is 1. The quantitative estimate of drug-likeness (QED) is 0.590. The molecule has 2 atom stereocenters. The number of carbonyl (C=O) groups excluding carboxylic acids is 3. The zero-order valence-corrected chi connectivity index (χ0v) is 17.5. The van der Waals surface area contributed by atoms with Gasteiger partial charge in [0.2, 0.25) is 0 Å². The lowest BCUT2D eigenvalue weighted by Gasteiger charge is -2.18. The van der Waals surface area contributed by atoms with Gasteiger partial charge in [0.1, 0.15) is 5.00 Å². The van der Waals surface area contributed by atoms with Crippen LogP contribution in [-0.4, -0.2) is 51.1 Å². The average molecular weight is 397 g/mol. The number of thiophene rings is 1. The molecule has 1 aliphatic rings. The van der Waals surface area contributed by atoms with Crippen molar-refractivity contribution >= 4 is 34.1 Å². The molecule has 7 nitrogen and oxygen atoms in total. The molecule has 8 heteroatoms. The Kier molecular flexibility index (Phi) is 7.38. The Morgan fingerprint density at radius 2 is 1.93 bits per heavy atom. The summed E-state index contributed by atoms with van der Waals surface area (Å²) in [4.78, 5) is 38.5. The van der Waals surface area contributed by atoms with Crippen LogP contribution in [0.15, 0.2) is 0 Å². The van der Waals surface area contributed by atoms with Crippen molar-refractivity contribution in [2.45, 2.75) is 46.1 Å². The molecule has 0 radical (unpaired) electrons. The average Bonchev–Trinajstić information content (AvgIpc) is 2.89. The van der Waals surface area contributed by atoms with Crippen molar-refractivity contribution < 1.29 is 24.0 Å². The maximum atomic E-state index is 12.5. The molecular formula is C19H30N3O4S+. The zero-order valence-electron chi connectivity index (χ0n) is 16.7. The van der Waals surface area contributed by atoms with Crippen molar-refractivity contribution in [3.63, 3.8) is 0 Å². The Morgan fingerprint density at radius 1 is 1.26 bits per heavy atom. The van der Waals surface area contributed by atoms with Gasteiger partial charge in [-0.15, -0.1) is 11.3 Å². The summed E-state index contributed by atoms with van der Waals surface area (Å²) in [5.41, 5.74) is 1.50. The Labute approximate surface area is 164 Å². The smallest absolute Gasteiger partial charge is 0.341 e. The summed E-state index contributed by atoms with van der Waals surface area (Å²) in [6, 6.07) is 0.0709. The van der Waals surface area contributed by atoms with E-state index in [1.807, 2.05) is 13.8 Å². The fourth-order valence-electron chi connectivity index (χ4n) is 3.31.